The Balaban J connectivity index is 1.96. The molecule has 1 aliphatic rings. The number of anilines is 1. The Morgan fingerprint density at radius 3 is 3.12 bits per heavy atom. The largest absolute Gasteiger partial charge is 0.364 e. The van der Waals surface area contributed by atoms with Crippen molar-refractivity contribution in [2.45, 2.75) is 38.4 Å². The van der Waals surface area contributed by atoms with E-state index in [1.54, 1.807) is 4.52 Å². The zero-order valence-electron chi connectivity index (χ0n) is 9.60. The van der Waals surface area contributed by atoms with Crippen molar-refractivity contribution in [3.63, 3.8) is 0 Å². The summed E-state index contributed by atoms with van der Waals surface area (Å²) in [5.41, 5.74) is 0.849. The van der Waals surface area contributed by atoms with Gasteiger partial charge in [-0.15, -0.1) is 0 Å². The highest BCUT2D eigenvalue weighted by molar-refractivity contribution is 5.45. The summed E-state index contributed by atoms with van der Waals surface area (Å²) in [4.78, 5) is 8.29. The van der Waals surface area contributed by atoms with E-state index in [0.717, 1.165) is 24.4 Å². The minimum absolute atomic E-state index is 0.121. The molecule has 2 atom stereocenters. The number of aromatic nitrogens is 4. The Kier molecular flexibility index (Phi) is 2.42. The highest BCUT2D eigenvalue weighted by atomic mass is 19.1. The number of nitrogens with zero attached hydrogens (tertiary/aromatic N) is 4. The first kappa shape index (κ1) is 10.4. The summed E-state index contributed by atoms with van der Waals surface area (Å²) in [6.45, 7) is 1.89. The molecule has 0 spiro atoms. The van der Waals surface area contributed by atoms with Crippen LogP contribution >= 0.6 is 0 Å². The van der Waals surface area contributed by atoms with Gasteiger partial charge in [0.15, 0.2) is 0 Å². The van der Waals surface area contributed by atoms with E-state index in [4.69, 9.17) is 0 Å². The summed E-state index contributed by atoms with van der Waals surface area (Å²) >= 11 is 0. The molecule has 2 aromatic heterocycles. The van der Waals surface area contributed by atoms with E-state index in [-0.39, 0.29) is 6.04 Å². The standard InChI is InChI=1S/C11H14FN5/c1-7-5-10(16-9-4-2-3-8(9)12)17-11(15-7)13-6-14-17/h5-6,8-9,16H,2-4H2,1H3. The van der Waals surface area contributed by atoms with Crippen LogP contribution in [0.4, 0.5) is 10.2 Å². The number of rotatable bonds is 2. The molecule has 0 radical (unpaired) electrons. The minimum atomic E-state index is -0.776. The predicted molar refractivity (Wildman–Crippen MR) is 61.7 cm³/mol. The minimum Gasteiger partial charge on any atom is -0.364 e. The number of halogens is 1. The first-order chi connectivity index (χ1) is 8.24. The van der Waals surface area contributed by atoms with Crippen molar-refractivity contribution in [2.75, 3.05) is 5.32 Å². The Hall–Kier alpha value is -1.72. The van der Waals surface area contributed by atoms with Gasteiger partial charge in [-0.25, -0.2) is 9.37 Å². The molecule has 1 saturated carbocycles. The molecular weight excluding hydrogens is 221 g/mol. The average molecular weight is 235 g/mol. The maximum absolute atomic E-state index is 13.6. The molecule has 90 valence electrons. The molecule has 1 aliphatic carbocycles. The van der Waals surface area contributed by atoms with Gasteiger partial charge in [-0.2, -0.15) is 14.6 Å². The molecular formula is C11H14FN5. The number of fused-ring (bicyclic) bond motifs is 1. The average Bonchev–Trinajstić information content (AvgIpc) is 2.88. The smallest absolute Gasteiger partial charge is 0.254 e. The molecule has 6 heteroatoms. The van der Waals surface area contributed by atoms with Crippen LogP contribution in [0.15, 0.2) is 12.4 Å². The van der Waals surface area contributed by atoms with Gasteiger partial charge in [0.25, 0.3) is 5.78 Å². The molecule has 17 heavy (non-hydrogen) atoms. The van der Waals surface area contributed by atoms with Crippen molar-refractivity contribution in [3.8, 4) is 0 Å². The number of alkyl halides is 1. The van der Waals surface area contributed by atoms with E-state index in [9.17, 15) is 4.39 Å². The Morgan fingerprint density at radius 1 is 1.47 bits per heavy atom. The molecule has 0 aromatic carbocycles. The van der Waals surface area contributed by atoms with Crippen molar-refractivity contribution in [2.24, 2.45) is 0 Å². The second kappa shape index (κ2) is 3.94. The monoisotopic (exact) mass is 235 g/mol. The third-order valence-electron chi connectivity index (χ3n) is 3.14. The summed E-state index contributed by atoms with van der Waals surface area (Å²) in [5.74, 6) is 1.31. The third kappa shape index (κ3) is 1.83. The maximum Gasteiger partial charge on any atom is 0.254 e. The molecule has 1 N–H and O–H groups in total. The summed E-state index contributed by atoms with van der Waals surface area (Å²) in [6, 6.07) is 1.75. The summed E-state index contributed by atoms with van der Waals surface area (Å²) in [6.07, 6.45) is 3.11. The Morgan fingerprint density at radius 2 is 2.35 bits per heavy atom. The molecule has 1 fully saturated rings. The fourth-order valence-electron chi connectivity index (χ4n) is 2.30. The van der Waals surface area contributed by atoms with Crippen molar-refractivity contribution in [1.29, 1.82) is 0 Å². The Bertz CT molecular complexity index is 538. The first-order valence-electron chi connectivity index (χ1n) is 5.82. The maximum atomic E-state index is 13.6. The predicted octanol–water partition coefficient (Wildman–Crippen LogP) is 1.74. The lowest BCUT2D eigenvalue weighted by molar-refractivity contribution is 0.323. The van der Waals surface area contributed by atoms with Crippen LogP contribution in [0.1, 0.15) is 25.0 Å². The van der Waals surface area contributed by atoms with E-state index in [1.165, 1.54) is 6.33 Å². The SMILES string of the molecule is Cc1cc(NC2CCCC2F)n2ncnc2n1. The lowest BCUT2D eigenvalue weighted by atomic mass is 10.2. The molecule has 2 heterocycles. The van der Waals surface area contributed by atoms with Crippen LogP contribution in [-0.2, 0) is 0 Å². The molecule has 5 nitrogen and oxygen atoms in total. The van der Waals surface area contributed by atoms with E-state index in [1.807, 2.05) is 13.0 Å². The van der Waals surface area contributed by atoms with Crippen LogP contribution in [-0.4, -0.2) is 31.8 Å². The van der Waals surface area contributed by atoms with Gasteiger partial charge < -0.3 is 5.32 Å². The highest BCUT2D eigenvalue weighted by Gasteiger charge is 2.27. The highest BCUT2D eigenvalue weighted by Crippen LogP contribution is 2.25. The van der Waals surface area contributed by atoms with Gasteiger partial charge >= 0.3 is 0 Å². The zero-order valence-corrected chi connectivity index (χ0v) is 9.60. The number of hydrogen-bond acceptors (Lipinski definition) is 4. The molecule has 2 aromatic rings. The van der Waals surface area contributed by atoms with Gasteiger partial charge in [-0.3, -0.25) is 0 Å². The van der Waals surface area contributed by atoms with Gasteiger partial charge in [-0.1, -0.05) is 0 Å². The van der Waals surface area contributed by atoms with Crippen LogP contribution in [0.25, 0.3) is 5.78 Å². The molecule has 0 amide bonds. The van der Waals surface area contributed by atoms with E-state index in [2.05, 4.69) is 20.4 Å². The van der Waals surface area contributed by atoms with Crippen molar-refractivity contribution in [3.05, 3.63) is 18.1 Å². The first-order valence-corrected chi connectivity index (χ1v) is 5.82. The van der Waals surface area contributed by atoms with Crippen molar-refractivity contribution < 1.29 is 4.39 Å². The van der Waals surface area contributed by atoms with E-state index >= 15 is 0 Å². The molecule has 2 unspecified atom stereocenters. The molecule has 3 rings (SSSR count). The van der Waals surface area contributed by atoms with Crippen molar-refractivity contribution in [1.82, 2.24) is 19.6 Å². The Labute approximate surface area is 98.1 Å². The number of nitrogens with one attached hydrogen (secondary N) is 1. The zero-order chi connectivity index (χ0) is 11.8. The van der Waals surface area contributed by atoms with Gasteiger partial charge in [0.1, 0.15) is 18.3 Å². The second-order valence-electron chi connectivity index (χ2n) is 4.45. The summed E-state index contributed by atoms with van der Waals surface area (Å²) in [7, 11) is 0. The summed E-state index contributed by atoms with van der Waals surface area (Å²) in [5, 5.41) is 7.29. The molecule has 0 bridgehead atoms. The molecule has 0 saturated heterocycles. The lowest BCUT2D eigenvalue weighted by Crippen LogP contribution is -2.26. The van der Waals surface area contributed by atoms with E-state index < -0.39 is 6.17 Å². The topological polar surface area (TPSA) is 55.1 Å². The normalized spacial score (nSPS) is 24.4. The van der Waals surface area contributed by atoms with E-state index in [0.29, 0.717) is 12.2 Å². The van der Waals surface area contributed by atoms with Crippen LogP contribution < -0.4 is 5.32 Å². The van der Waals surface area contributed by atoms with Gasteiger partial charge in [0.05, 0.1) is 6.04 Å². The summed E-state index contributed by atoms with van der Waals surface area (Å²) < 4.78 is 15.2. The molecule has 0 aliphatic heterocycles. The third-order valence-corrected chi connectivity index (χ3v) is 3.14. The van der Waals surface area contributed by atoms with Gasteiger partial charge in [0.2, 0.25) is 0 Å². The number of aryl methyl sites for hydroxylation is 1. The number of hydrogen-bond donors (Lipinski definition) is 1. The van der Waals surface area contributed by atoms with Crippen LogP contribution in [0, 0.1) is 6.92 Å². The fourth-order valence-corrected chi connectivity index (χ4v) is 2.30. The van der Waals surface area contributed by atoms with Gasteiger partial charge in [-0.05, 0) is 26.2 Å². The quantitative estimate of drug-likeness (QED) is 0.861. The van der Waals surface area contributed by atoms with Crippen LogP contribution in [0.3, 0.4) is 0 Å². The lowest BCUT2D eigenvalue weighted by Gasteiger charge is -2.16. The van der Waals surface area contributed by atoms with Crippen LogP contribution in [0.5, 0.6) is 0 Å². The van der Waals surface area contributed by atoms with Crippen molar-refractivity contribution >= 4 is 11.6 Å². The second-order valence-corrected chi connectivity index (χ2v) is 4.45. The van der Waals surface area contributed by atoms with Crippen LogP contribution in [0.2, 0.25) is 0 Å². The fraction of sp³-hybridized carbons (Fsp3) is 0.545. The van der Waals surface area contributed by atoms with Gasteiger partial charge in [0, 0.05) is 11.8 Å².